The maximum Gasteiger partial charge on any atom is 0.247 e. The fraction of sp³-hybridized carbons (Fsp3) is 0.727. The van der Waals surface area contributed by atoms with Gasteiger partial charge < -0.3 is 14.8 Å². The van der Waals surface area contributed by atoms with E-state index in [0.29, 0.717) is 12.1 Å². The molecule has 0 bridgehead atoms. The van der Waals surface area contributed by atoms with Crippen molar-refractivity contribution < 1.29 is 14.5 Å². The molecule has 3 rings (SSSR count). The molecule has 220 valence electrons. The highest BCUT2D eigenvalue weighted by Gasteiger charge is 2.38. The van der Waals surface area contributed by atoms with Crippen LogP contribution in [0.1, 0.15) is 111 Å². The predicted octanol–water partition coefficient (Wildman–Crippen LogP) is 5.53. The first-order valence-electron chi connectivity index (χ1n) is 15.8. The number of unbranched alkanes of at least 4 members (excludes halogenated alkanes) is 3. The molecule has 0 aliphatic carbocycles. The third-order valence-electron chi connectivity index (χ3n) is 7.81. The van der Waals surface area contributed by atoms with E-state index in [4.69, 9.17) is 14.9 Å². The van der Waals surface area contributed by atoms with E-state index in [9.17, 15) is 0 Å². The highest BCUT2D eigenvalue weighted by molar-refractivity contribution is 5.84. The highest BCUT2D eigenvalue weighted by atomic mass is 16.4. The Morgan fingerprint density at radius 2 is 1.54 bits per heavy atom. The maximum absolute atomic E-state index is 8.89. The molecule has 6 heteroatoms. The Balaban J connectivity index is 0.00000124. The van der Waals surface area contributed by atoms with Crippen LogP contribution in [0, 0.1) is 0 Å². The third kappa shape index (κ3) is 11.3. The number of carboxylic acid groups (broad SMARTS) is 1. The molecule has 1 aromatic rings. The number of carbonyl (C=O) groups excluding carboxylic acids is 1. The number of hydrogen-bond acceptors (Lipinski definition) is 5. The summed E-state index contributed by atoms with van der Waals surface area (Å²) in [4.78, 5) is 19.3. The molecule has 2 aliphatic rings. The molecule has 0 spiro atoms. The van der Waals surface area contributed by atoms with E-state index in [1.807, 2.05) is 0 Å². The largest absolute Gasteiger partial charge is 0.550 e. The average molecular weight is 541 g/mol. The summed E-state index contributed by atoms with van der Waals surface area (Å²) in [5, 5.41) is 8.89. The minimum absolute atomic E-state index is 0.620. The van der Waals surface area contributed by atoms with Crippen LogP contribution >= 0.6 is 0 Å². The zero-order valence-corrected chi connectivity index (χ0v) is 25.7. The third-order valence-corrected chi connectivity index (χ3v) is 7.81. The fourth-order valence-electron chi connectivity index (χ4n) is 5.92. The lowest BCUT2D eigenvalue weighted by atomic mass is 10.0. The Morgan fingerprint density at radius 1 is 0.897 bits per heavy atom. The van der Waals surface area contributed by atoms with Crippen LogP contribution in [0.15, 0.2) is 35.3 Å². The number of aliphatic imine (C=N–C) groups is 1. The van der Waals surface area contributed by atoms with Gasteiger partial charge in [-0.1, -0.05) is 70.9 Å². The van der Waals surface area contributed by atoms with Gasteiger partial charge in [-0.25, -0.2) is 0 Å². The van der Waals surface area contributed by atoms with Crippen LogP contribution in [0.4, 0.5) is 0 Å². The van der Waals surface area contributed by atoms with E-state index in [1.165, 1.54) is 108 Å². The van der Waals surface area contributed by atoms with Crippen LogP contribution in [-0.4, -0.2) is 76.8 Å². The summed E-state index contributed by atoms with van der Waals surface area (Å²) < 4.78 is 2.76. The molecule has 0 fully saturated rings. The van der Waals surface area contributed by atoms with Crippen LogP contribution in [0.2, 0.25) is 0 Å². The summed E-state index contributed by atoms with van der Waals surface area (Å²) in [5.41, 5.74) is 1.48. The summed E-state index contributed by atoms with van der Waals surface area (Å²) in [5.74, 6) is 1.93. The Bertz CT molecular complexity index is 879. The molecule has 0 saturated heterocycles. The maximum atomic E-state index is 8.89. The van der Waals surface area contributed by atoms with Gasteiger partial charge in [0.05, 0.1) is 25.5 Å². The average Bonchev–Trinajstić information content (AvgIpc) is 3.44. The first-order valence-corrected chi connectivity index (χ1v) is 15.8. The molecule has 1 aromatic carbocycles. The molecule has 6 nitrogen and oxygen atoms in total. The SMILES string of the molecule is CC(=O)[O-].CCCCN1C(CCC)=NC[C@@H]1CCCC[N+]1=C(CCC)N(CCCC)[C@@H](Cc2ccccc2)C1. The molecule has 0 aromatic heterocycles. The summed E-state index contributed by atoms with van der Waals surface area (Å²) in [6, 6.07) is 12.4. The van der Waals surface area contributed by atoms with Gasteiger partial charge in [-0.2, -0.15) is 0 Å². The first kappa shape index (κ1) is 32.8. The van der Waals surface area contributed by atoms with Crippen molar-refractivity contribution in [2.45, 2.75) is 124 Å². The van der Waals surface area contributed by atoms with Gasteiger partial charge in [-0.15, -0.1) is 0 Å². The Labute approximate surface area is 239 Å². The molecule has 0 amide bonds. The fourth-order valence-corrected chi connectivity index (χ4v) is 5.92. The minimum Gasteiger partial charge on any atom is -0.550 e. The molecule has 2 heterocycles. The monoisotopic (exact) mass is 540 g/mol. The van der Waals surface area contributed by atoms with Crippen LogP contribution in [0.3, 0.4) is 0 Å². The topological polar surface area (TPSA) is 62.0 Å². The van der Waals surface area contributed by atoms with Crippen LogP contribution in [0.25, 0.3) is 0 Å². The number of hydrogen-bond donors (Lipinski definition) is 0. The first-order chi connectivity index (χ1) is 18.9. The zero-order valence-electron chi connectivity index (χ0n) is 25.7. The van der Waals surface area contributed by atoms with Gasteiger partial charge >= 0.3 is 0 Å². The summed E-state index contributed by atoms with van der Waals surface area (Å²) in [6.07, 6.45) is 15.0. The molecule has 0 N–H and O–H groups in total. The van der Waals surface area contributed by atoms with Gasteiger partial charge in [0, 0.05) is 37.8 Å². The van der Waals surface area contributed by atoms with Crippen molar-refractivity contribution in [2.24, 2.45) is 4.99 Å². The van der Waals surface area contributed by atoms with Gasteiger partial charge in [-0.05, 0) is 57.4 Å². The molecule has 2 aliphatic heterocycles. The molecular weight excluding hydrogens is 484 g/mol. The normalized spacial score (nSPS) is 18.8. The Kier molecular flexibility index (Phi) is 15.9. The molecule has 0 saturated carbocycles. The van der Waals surface area contributed by atoms with Crippen molar-refractivity contribution in [3.63, 3.8) is 0 Å². The number of nitrogens with zero attached hydrogens (tertiary/aromatic N) is 4. The van der Waals surface area contributed by atoms with E-state index >= 15 is 0 Å². The second-order valence-electron chi connectivity index (χ2n) is 11.2. The number of aliphatic carboxylic acids is 1. The van der Waals surface area contributed by atoms with Crippen LogP contribution < -0.4 is 5.11 Å². The van der Waals surface area contributed by atoms with E-state index in [2.05, 4.69) is 72.4 Å². The van der Waals surface area contributed by atoms with E-state index in [1.54, 1.807) is 5.84 Å². The van der Waals surface area contributed by atoms with Crippen molar-refractivity contribution in [2.75, 3.05) is 32.7 Å². The van der Waals surface area contributed by atoms with Gasteiger partial charge in [0.15, 0.2) is 0 Å². The summed E-state index contributed by atoms with van der Waals surface area (Å²) in [7, 11) is 0. The number of carboxylic acids is 1. The van der Waals surface area contributed by atoms with Crippen molar-refractivity contribution in [1.82, 2.24) is 9.80 Å². The van der Waals surface area contributed by atoms with Gasteiger partial charge in [0.1, 0.15) is 12.6 Å². The lowest BCUT2D eigenvalue weighted by molar-refractivity contribution is -0.523. The summed E-state index contributed by atoms with van der Waals surface area (Å²) >= 11 is 0. The smallest absolute Gasteiger partial charge is 0.247 e. The second kappa shape index (κ2) is 18.8. The quantitative estimate of drug-likeness (QED) is 0.192. The number of carbonyl (C=O) groups is 1. The predicted molar refractivity (Wildman–Crippen MR) is 163 cm³/mol. The number of rotatable bonds is 17. The van der Waals surface area contributed by atoms with Gasteiger partial charge in [-0.3, -0.25) is 14.5 Å². The van der Waals surface area contributed by atoms with Crippen LogP contribution in [0.5, 0.6) is 0 Å². The van der Waals surface area contributed by atoms with Crippen LogP contribution in [-0.2, 0) is 11.2 Å². The van der Waals surface area contributed by atoms with Gasteiger partial charge in [0.25, 0.3) is 0 Å². The minimum atomic E-state index is -1.08. The molecule has 2 atom stereocenters. The van der Waals surface area contributed by atoms with E-state index < -0.39 is 5.97 Å². The highest BCUT2D eigenvalue weighted by Crippen LogP contribution is 2.22. The lowest BCUT2D eigenvalue weighted by Gasteiger charge is -2.28. The molecule has 0 radical (unpaired) electrons. The lowest BCUT2D eigenvalue weighted by Crippen LogP contribution is -2.38. The standard InChI is InChI=1S/C31H53N4.C2H4O2/c1-5-9-22-34-28(25-32-30(34)16-7-3)20-14-15-21-33-26-29(24-27-18-12-11-13-19-27)35(23-10-6-2)31(33)17-8-4;1-2(3)4/h11-13,18-19,28-29H,5-10,14-17,20-26H2,1-4H3;1H3,(H,3,4)/q+1;/p-1/t28-,29-;/m0./s1. The second-order valence-corrected chi connectivity index (χ2v) is 11.2. The Hall–Kier alpha value is -2.37. The van der Waals surface area contributed by atoms with Crippen molar-refractivity contribution >= 4 is 17.6 Å². The van der Waals surface area contributed by atoms with Crippen molar-refractivity contribution in [1.29, 1.82) is 0 Å². The van der Waals surface area contributed by atoms with E-state index in [-0.39, 0.29) is 0 Å². The van der Waals surface area contributed by atoms with Crippen molar-refractivity contribution in [3.8, 4) is 0 Å². The Morgan fingerprint density at radius 3 is 2.15 bits per heavy atom. The van der Waals surface area contributed by atoms with Gasteiger partial charge in [0.2, 0.25) is 5.84 Å². The number of benzene rings is 1. The number of amidine groups is 2. The molecule has 39 heavy (non-hydrogen) atoms. The molecule has 0 unspecified atom stereocenters. The van der Waals surface area contributed by atoms with E-state index in [0.717, 1.165) is 19.9 Å². The molecular formula is C33H56N4O2. The summed E-state index contributed by atoms with van der Waals surface area (Å²) in [6.45, 7) is 16.1. The van der Waals surface area contributed by atoms with Crippen molar-refractivity contribution in [3.05, 3.63) is 35.9 Å². The zero-order chi connectivity index (χ0) is 28.5.